The van der Waals surface area contributed by atoms with E-state index < -0.39 is 12.7 Å². The standard InChI is InChI=1S/C34H48F2O2/c1-3-5-6-8-27-11-15-29(16-12-27)30-17-21-32(22-18-30)37-25-34(35,36)38-33-23-19-31(20-24-33)28-13-9-26(7-4-2)10-14-28/h17-24,26-29H,3-16,25H2,1-2H3. The van der Waals surface area contributed by atoms with Crippen LogP contribution in [0.5, 0.6) is 11.5 Å². The van der Waals surface area contributed by atoms with E-state index in [1.54, 1.807) is 12.1 Å². The van der Waals surface area contributed by atoms with Crippen molar-refractivity contribution in [3.8, 4) is 11.5 Å². The zero-order valence-electron chi connectivity index (χ0n) is 23.6. The number of hydrogen-bond acceptors (Lipinski definition) is 2. The summed E-state index contributed by atoms with van der Waals surface area (Å²) in [6.45, 7) is 3.71. The van der Waals surface area contributed by atoms with Gasteiger partial charge in [0.15, 0.2) is 6.61 Å². The summed E-state index contributed by atoms with van der Waals surface area (Å²) in [5, 5.41) is 0. The minimum Gasteiger partial charge on any atom is -0.483 e. The molecule has 210 valence electrons. The van der Waals surface area contributed by atoms with E-state index in [4.69, 9.17) is 9.47 Å². The molecule has 0 spiro atoms. The molecule has 2 aliphatic rings. The van der Waals surface area contributed by atoms with E-state index in [1.807, 2.05) is 36.4 Å². The van der Waals surface area contributed by atoms with E-state index in [2.05, 4.69) is 13.8 Å². The third-order valence-corrected chi connectivity index (χ3v) is 8.98. The van der Waals surface area contributed by atoms with Crippen molar-refractivity contribution < 1.29 is 18.3 Å². The molecule has 0 heterocycles. The molecule has 0 saturated heterocycles. The van der Waals surface area contributed by atoms with Gasteiger partial charge in [0.2, 0.25) is 0 Å². The fourth-order valence-corrected chi connectivity index (χ4v) is 6.67. The average Bonchev–Trinajstić information content (AvgIpc) is 2.94. The monoisotopic (exact) mass is 526 g/mol. The molecule has 0 bridgehead atoms. The molecule has 2 fully saturated rings. The molecule has 0 N–H and O–H groups in total. The third-order valence-electron chi connectivity index (χ3n) is 8.98. The van der Waals surface area contributed by atoms with Crippen LogP contribution in [0.2, 0.25) is 0 Å². The largest absolute Gasteiger partial charge is 0.483 e. The second kappa shape index (κ2) is 14.3. The molecule has 2 nitrogen and oxygen atoms in total. The van der Waals surface area contributed by atoms with Crippen molar-refractivity contribution in [2.24, 2.45) is 11.8 Å². The highest BCUT2D eigenvalue weighted by atomic mass is 19.3. The number of hydrogen-bond donors (Lipinski definition) is 0. The van der Waals surface area contributed by atoms with Crippen molar-refractivity contribution in [1.29, 1.82) is 0 Å². The summed E-state index contributed by atoms with van der Waals surface area (Å²) in [5.74, 6) is 3.48. The molecule has 4 rings (SSSR count). The number of rotatable bonds is 13. The summed E-state index contributed by atoms with van der Waals surface area (Å²) < 4.78 is 39.5. The van der Waals surface area contributed by atoms with E-state index in [-0.39, 0.29) is 5.75 Å². The molecule has 2 saturated carbocycles. The van der Waals surface area contributed by atoms with Gasteiger partial charge in [-0.3, -0.25) is 0 Å². The molecule has 0 radical (unpaired) electrons. The summed E-state index contributed by atoms with van der Waals surface area (Å²) >= 11 is 0. The van der Waals surface area contributed by atoms with E-state index >= 15 is 0 Å². The van der Waals surface area contributed by atoms with Gasteiger partial charge in [-0.25, -0.2) is 0 Å². The zero-order chi connectivity index (χ0) is 26.8. The lowest BCUT2D eigenvalue weighted by atomic mass is 9.77. The van der Waals surface area contributed by atoms with E-state index in [9.17, 15) is 8.78 Å². The van der Waals surface area contributed by atoms with E-state index in [0.717, 1.165) is 11.8 Å². The van der Waals surface area contributed by atoms with Crippen molar-refractivity contribution >= 4 is 0 Å². The van der Waals surface area contributed by atoms with Crippen LogP contribution in [-0.2, 0) is 0 Å². The maximum Gasteiger partial charge on any atom is 0.432 e. The predicted octanol–water partition coefficient (Wildman–Crippen LogP) is 10.7. The second-order valence-electron chi connectivity index (χ2n) is 11.9. The molecule has 2 aliphatic carbocycles. The SMILES string of the molecule is CCCCCC1CCC(c2ccc(OCC(F)(F)Oc3ccc(C4CCC(CCC)CC4)cc3)cc2)CC1. The molecule has 38 heavy (non-hydrogen) atoms. The Balaban J connectivity index is 1.20. The molecule has 0 unspecified atom stereocenters. The smallest absolute Gasteiger partial charge is 0.432 e. The van der Waals surface area contributed by atoms with Gasteiger partial charge in [-0.05, 0) is 110 Å². The third kappa shape index (κ3) is 8.71. The summed E-state index contributed by atoms with van der Waals surface area (Å²) in [7, 11) is 0. The Morgan fingerprint density at radius 1 is 0.632 bits per heavy atom. The minimum absolute atomic E-state index is 0.183. The van der Waals surface area contributed by atoms with Crippen LogP contribution in [0, 0.1) is 11.8 Å². The lowest BCUT2D eigenvalue weighted by molar-refractivity contribution is -0.195. The number of benzene rings is 2. The fraction of sp³-hybridized carbons (Fsp3) is 0.647. The summed E-state index contributed by atoms with van der Waals surface area (Å²) in [6, 6.07) is 15.0. The Morgan fingerprint density at radius 2 is 1.13 bits per heavy atom. The van der Waals surface area contributed by atoms with Crippen molar-refractivity contribution in [1.82, 2.24) is 0 Å². The van der Waals surface area contributed by atoms with Crippen molar-refractivity contribution in [2.45, 2.75) is 122 Å². The Kier molecular flexibility index (Phi) is 10.9. The number of alkyl halides is 2. The van der Waals surface area contributed by atoms with Gasteiger partial charge in [0, 0.05) is 0 Å². The fourth-order valence-electron chi connectivity index (χ4n) is 6.67. The Hall–Kier alpha value is -2.10. The first-order chi connectivity index (χ1) is 18.5. The molecule has 2 aromatic carbocycles. The van der Waals surface area contributed by atoms with Gasteiger partial charge in [0.25, 0.3) is 0 Å². The molecule has 0 aromatic heterocycles. The molecular weight excluding hydrogens is 478 g/mol. The average molecular weight is 527 g/mol. The lowest BCUT2D eigenvalue weighted by Gasteiger charge is -2.29. The first-order valence-electron chi connectivity index (χ1n) is 15.3. The van der Waals surface area contributed by atoms with Crippen LogP contribution in [0.15, 0.2) is 48.5 Å². The van der Waals surface area contributed by atoms with Crippen LogP contribution in [0.4, 0.5) is 8.78 Å². The summed E-state index contributed by atoms with van der Waals surface area (Å²) in [6.07, 6.45) is 14.5. The van der Waals surface area contributed by atoms with Crippen LogP contribution in [-0.4, -0.2) is 12.7 Å². The number of ether oxygens (including phenoxy) is 2. The van der Waals surface area contributed by atoms with Crippen LogP contribution in [0.1, 0.15) is 127 Å². The Bertz CT molecular complexity index is 924. The van der Waals surface area contributed by atoms with Crippen molar-refractivity contribution in [3.05, 3.63) is 59.7 Å². The molecule has 0 atom stereocenters. The predicted molar refractivity (Wildman–Crippen MR) is 152 cm³/mol. The minimum atomic E-state index is -3.39. The molecule has 2 aromatic rings. The normalized spacial score (nSPS) is 24.2. The number of unbranched alkanes of at least 4 members (excludes halogenated alkanes) is 2. The molecular formula is C34H48F2O2. The Labute approximate surface area is 229 Å². The lowest BCUT2D eigenvalue weighted by Crippen LogP contribution is -2.32. The van der Waals surface area contributed by atoms with Gasteiger partial charge in [-0.2, -0.15) is 8.78 Å². The van der Waals surface area contributed by atoms with E-state index in [1.165, 1.54) is 101 Å². The van der Waals surface area contributed by atoms with Crippen LogP contribution in [0.3, 0.4) is 0 Å². The van der Waals surface area contributed by atoms with Gasteiger partial charge in [0.1, 0.15) is 11.5 Å². The Morgan fingerprint density at radius 3 is 1.63 bits per heavy atom. The summed E-state index contributed by atoms with van der Waals surface area (Å²) in [5.41, 5.74) is 2.53. The molecule has 0 aliphatic heterocycles. The van der Waals surface area contributed by atoms with Gasteiger partial charge < -0.3 is 9.47 Å². The van der Waals surface area contributed by atoms with Gasteiger partial charge in [-0.1, -0.05) is 76.6 Å². The second-order valence-corrected chi connectivity index (χ2v) is 11.9. The maximum atomic E-state index is 14.5. The quantitative estimate of drug-likeness (QED) is 0.242. The van der Waals surface area contributed by atoms with Crippen molar-refractivity contribution in [2.75, 3.05) is 6.61 Å². The highest BCUT2D eigenvalue weighted by molar-refractivity contribution is 5.31. The van der Waals surface area contributed by atoms with Crippen LogP contribution < -0.4 is 9.47 Å². The first kappa shape index (κ1) is 28.9. The topological polar surface area (TPSA) is 18.5 Å². The van der Waals surface area contributed by atoms with Gasteiger partial charge in [-0.15, -0.1) is 0 Å². The van der Waals surface area contributed by atoms with Crippen molar-refractivity contribution in [3.63, 3.8) is 0 Å². The highest BCUT2D eigenvalue weighted by Crippen LogP contribution is 2.39. The molecule has 0 amide bonds. The molecule has 4 heteroatoms. The highest BCUT2D eigenvalue weighted by Gasteiger charge is 2.33. The maximum absolute atomic E-state index is 14.5. The number of halogens is 2. The van der Waals surface area contributed by atoms with E-state index in [0.29, 0.717) is 17.6 Å². The van der Waals surface area contributed by atoms with Crippen LogP contribution >= 0.6 is 0 Å². The van der Waals surface area contributed by atoms with Gasteiger partial charge in [0.05, 0.1) is 0 Å². The first-order valence-corrected chi connectivity index (χ1v) is 15.3. The van der Waals surface area contributed by atoms with Gasteiger partial charge >= 0.3 is 6.11 Å². The zero-order valence-corrected chi connectivity index (χ0v) is 23.6. The summed E-state index contributed by atoms with van der Waals surface area (Å²) in [4.78, 5) is 0. The van der Waals surface area contributed by atoms with Crippen LogP contribution in [0.25, 0.3) is 0 Å².